The average molecular weight is 388 g/mol. The van der Waals surface area contributed by atoms with Crippen LogP contribution in [0.3, 0.4) is 0 Å². The molecule has 1 unspecified atom stereocenters. The number of imidazole rings is 1. The van der Waals surface area contributed by atoms with E-state index in [0.29, 0.717) is 22.9 Å². The summed E-state index contributed by atoms with van der Waals surface area (Å²) in [5.41, 5.74) is 2.85. The summed E-state index contributed by atoms with van der Waals surface area (Å²) >= 11 is 12.2. The van der Waals surface area contributed by atoms with Gasteiger partial charge in [-0.25, -0.2) is 4.98 Å². The van der Waals surface area contributed by atoms with Gasteiger partial charge in [0.25, 0.3) is 0 Å². The second-order valence-corrected chi connectivity index (χ2v) is 6.84. The van der Waals surface area contributed by atoms with Crippen molar-refractivity contribution in [2.75, 3.05) is 0 Å². The van der Waals surface area contributed by atoms with E-state index >= 15 is 0 Å². The molecule has 0 aliphatic carbocycles. The Kier molecular flexibility index (Phi) is 5.96. The number of rotatable bonds is 6. The number of nitrogens with one attached hydrogen (secondary N) is 2. The van der Waals surface area contributed by atoms with Gasteiger partial charge in [-0.15, -0.1) is 0 Å². The van der Waals surface area contributed by atoms with Crippen LogP contribution >= 0.6 is 23.2 Å². The fraction of sp³-hybridized carbons (Fsp3) is 0.200. The highest BCUT2D eigenvalue weighted by molar-refractivity contribution is 6.42. The normalized spacial score (nSPS) is 12.0. The van der Waals surface area contributed by atoms with Crippen molar-refractivity contribution in [3.05, 3.63) is 76.2 Å². The average Bonchev–Trinajstić information content (AvgIpc) is 3.14. The lowest BCUT2D eigenvalue weighted by Crippen LogP contribution is -2.27. The van der Waals surface area contributed by atoms with Gasteiger partial charge in [0, 0.05) is 6.42 Å². The minimum absolute atomic E-state index is 0.0637. The SMILES string of the molecule is CC(NC(=O)CCc1cccc(Cl)c1Cl)c1ncc(-c2ccccc2)[nH]1. The van der Waals surface area contributed by atoms with E-state index < -0.39 is 0 Å². The molecule has 3 rings (SSSR count). The number of hydrogen-bond donors (Lipinski definition) is 2. The van der Waals surface area contributed by atoms with Crippen LogP contribution in [0.2, 0.25) is 10.0 Å². The van der Waals surface area contributed by atoms with E-state index in [9.17, 15) is 4.79 Å². The quantitative estimate of drug-likeness (QED) is 0.610. The van der Waals surface area contributed by atoms with Crippen LogP contribution in [0, 0.1) is 0 Å². The van der Waals surface area contributed by atoms with Crippen LogP contribution in [0.25, 0.3) is 11.3 Å². The molecule has 26 heavy (non-hydrogen) atoms. The standard InChI is InChI=1S/C20H19Cl2N3O/c1-13(20-23-12-17(25-20)14-6-3-2-4-7-14)24-18(26)11-10-15-8-5-9-16(21)19(15)22/h2-9,12-13H,10-11H2,1H3,(H,23,25)(H,24,26). The minimum Gasteiger partial charge on any atom is -0.346 e. The Hall–Kier alpha value is -2.30. The fourth-order valence-corrected chi connectivity index (χ4v) is 3.11. The van der Waals surface area contributed by atoms with Gasteiger partial charge in [0.2, 0.25) is 5.91 Å². The molecule has 0 saturated heterocycles. The molecule has 1 aromatic heterocycles. The Morgan fingerprint density at radius 1 is 1.15 bits per heavy atom. The van der Waals surface area contributed by atoms with Crippen LogP contribution in [-0.4, -0.2) is 15.9 Å². The van der Waals surface area contributed by atoms with E-state index in [1.165, 1.54) is 0 Å². The molecule has 6 heteroatoms. The monoisotopic (exact) mass is 387 g/mol. The van der Waals surface area contributed by atoms with Crippen molar-refractivity contribution in [1.29, 1.82) is 0 Å². The first-order chi connectivity index (χ1) is 12.5. The summed E-state index contributed by atoms with van der Waals surface area (Å²) in [6.07, 6.45) is 2.64. The molecule has 0 radical (unpaired) electrons. The van der Waals surface area contributed by atoms with E-state index in [2.05, 4.69) is 15.3 Å². The summed E-state index contributed by atoms with van der Waals surface area (Å²) in [5, 5.41) is 3.97. The molecule has 3 aromatic rings. The molecule has 0 spiro atoms. The molecule has 2 aromatic carbocycles. The Balaban J connectivity index is 1.58. The molecule has 4 nitrogen and oxygen atoms in total. The van der Waals surface area contributed by atoms with E-state index in [4.69, 9.17) is 23.2 Å². The molecule has 134 valence electrons. The number of carbonyl (C=O) groups is 1. The third-order valence-electron chi connectivity index (χ3n) is 4.12. The third kappa shape index (κ3) is 4.45. The predicted molar refractivity (Wildman–Crippen MR) is 105 cm³/mol. The number of hydrogen-bond acceptors (Lipinski definition) is 2. The molecule has 0 bridgehead atoms. The number of carbonyl (C=O) groups excluding carboxylic acids is 1. The lowest BCUT2D eigenvalue weighted by Gasteiger charge is -2.12. The molecule has 1 atom stereocenters. The number of aromatic amines is 1. The van der Waals surface area contributed by atoms with Gasteiger partial charge in [-0.3, -0.25) is 4.79 Å². The summed E-state index contributed by atoms with van der Waals surface area (Å²) in [5.74, 6) is 0.657. The maximum absolute atomic E-state index is 12.2. The number of halogens is 2. The Labute approximate surface area is 162 Å². The molecule has 2 N–H and O–H groups in total. The van der Waals surface area contributed by atoms with Gasteiger partial charge in [-0.05, 0) is 30.5 Å². The second kappa shape index (κ2) is 8.39. The minimum atomic E-state index is -0.213. The van der Waals surface area contributed by atoms with E-state index in [0.717, 1.165) is 22.6 Å². The van der Waals surface area contributed by atoms with Crippen LogP contribution in [0.5, 0.6) is 0 Å². The van der Waals surface area contributed by atoms with Crippen molar-refractivity contribution in [2.24, 2.45) is 0 Å². The number of aromatic nitrogens is 2. The van der Waals surface area contributed by atoms with Gasteiger partial charge in [-0.2, -0.15) is 0 Å². The zero-order chi connectivity index (χ0) is 18.5. The van der Waals surface area contributed by atoms with E-state index in [-0.39, 0.29) is 11.9 Å². The van der Waals surface area contributed by atoms with Crippen LogP contribution in [-0.2, 0) is 11.2 Å². The summed E-state index contributed by atoms with van der Waals surface area (Å²) in [6.45, 7) is 1.90. The first-order valence-corrected chi connectivity index (χ1v) is 9.13. The zero-order valence-corrected chi connectivity index (χ0v) is 15.8. The first-order valence-electron chi connectivity index (χ1n) is 8.37. The Bertz CT molecular complexity index is 893. The molecule has 1 amide bonds. The Morgan fingerprint density at radius 3 is 2.69 bits per heavy atom. The van der Waals surface area contributed by atoms with Crippen molar-refractivity contribution in [3.63, 3.8) is 0 Å². The maximum atomic E-state index is 12.2. The molecule has 0 saturated carbocycles. The maximum Gasteiger partial charge on any atom is 0.220 e. The Morgan fingerprint density at radius 2 is 1.92 bits per heavy atom. The lowest BCUT2D eigenvalue weighted by atomic mass is 10.1. The van der Waals surface area contributed by atoms with Crippen molar-refractivity contribution in [3.8, 4) is 11.3 Å². The number of nitrogens with zero attached hydrogens (tertiary/aromatic N) is 1. The van der Waals surface area contributed by atoms with Gasteiger partial charge in [-0.1, -0.05) is 65.7 Å². The lowest BCUT2D eigenvalue weighted by molar-refractivity contribution is -0.121. The number of amides is 1. The summed E-state index contributed by atoms with van der Waals surface area (Å²) in [6, 6.07) is 15.2. The van der Waals surface area contributed by atoms with E-state index in [1.54, 1.807) is 12.3 Å². The van der Waals surface area contributed by atoms with Crippen molar-refractivity contribution in [2.45, 2.75) is 25.8 Å². The number of benzene rings is 2. The highest BCUT2D eigenvalue weighted by Gasteiger charge is 2.14. The predicted octanol–water partition coefficient (Wildman–Crippen LogP) is 5.19. The van der Waals surface area contributed by atoms with Gasteiger partial charge in [0.1, 0.15) is 5.82 Å². The van der Waals surface area contributed by atoms with E-state index in [1.807, 2.05) is 49.4 Å². The van der Waals surface area contributed by atoms with Crippen molar-refractivity contribution < 1.29 is 4.79 Å². The fourth-order valence-electron chi connectivity index (χ4n) is 2.69. The number of H-pyrrole nitrogens is 1. The highest BCUT2D eigenvalue weighted by Crippen LogP contribution is 2.26. The molecular formula is C20H19Cl2N3O. The van der Waals surface area contributed by atoms with Crippen LogP contribution in [0.15, 0.2) is 54.7 Å². The smallest absolute Gasteiger partial charge is 0.220 e. The molecular weight excluding hydrogens is 369 g/mol. The van der Waals surface area contributed by atoms with Gasteiger partial charge >= 0.3 is 0 Å². The summed E-state index contributed by atoms with van der Waals surface area (Å²) < 4.78 is 0. The molecule has 0 fully saturated rings. The first kappa shape index (κ1) is 18.5. The van der Waals surface area contributed by atoms with Crippen LogP contribution in [0.1, 0.15) is 30.8 Å². The topological polar surface area (TPSA) is 57.8 Å². The van der Waals surface area contributed by atoms with Gasteiger partial charge in [0.05, 0.1) is 28.0 Å². The van der Waals surface area contributed by atoms with Gasteiger partial charge < -0.3 is 10.3 Å². The summed E-state index contributed by atoms with van der Waals surface area (Å²) in [4.78, 5) is 19.9. The van der Waals surface area contributed by atoms with Crippen molar-refractivity contribution >= 4 is 29.1 Å². The summed E-state index contributed by atoms with van der Waals surface area (Å²) in [7, 11) is 0. The van der Waals surface area contributed by atoms with Crippen LogP contribution in [0.4, 0.5) is 0 Å². The molecule has 1 heterocycles. The van der Waals surface area contributed by atoms with Crippen LogP contribution < -0.4 is 5.32 Å². The third-order valence-corrected chi connectivity index (χ3v) is 4.98. The molecule has 0 aliphatic rings. The number of aryl methyl sites for hydroxylation is 1. The largest absolute Gasteiger partial charge is 0.346 e. The molecule has 0 aliphatic heterocycles. The zero-order valence-electron chi connectivity index (χ0n) is 14.3. The van der Waals surface area contributed by atoms with Crippen molar-refractivity contribution in [1.82, 2.24) is 15.3 Å². The van der Waals surface area contributed by atoms with Gasteiger partial charge in [0.15, 0.2) is 0 Å². The second-order valence-electron chi connectivity index (χ2n) is 6.05. The highest BCUT2D eigenvalue weighted by atomic mass is 35.5.